The van der Waals surface area contributed by atoms with E-state index in [-0.39, 0.29) is 17.4 Å². The first kappa shape index (κ1) is 14.9. The van der Waals surface area contributed by atoms with Gasteiger partial charge in [-0.05, 0) is 36.7 Å². The summed E-state index contributed by atoms with van der Waals surface area (Å²) in [6.07, 6.45) is 1.44. The van der Waals surface area contributed by atoms with Crippen LogP contribution in [0.1, 0.15) is 34.6 Å². The summed E-state index contributed by atoms with van der Waals surface area (Å²) in [5, 5.41) is 7.99. The van der Waals surface area contributed by atoms with Gasteiger partial charge in [0.15, 0.2) is 5.65 Å². The van der Waals surface area contributed by atoms with Crippen LogP contribution in [0.3, 0.4) is 0 Å². The zero-order valence-corrected chi connectivity index (χ0v) is 13.8. The van der Waals surface area contributed by atoms with Crippen molar-refractivity contribution >= 4 is 38.7 Å². The number of rotatable bonds is 2. The molecule has 0 saturated carbocycles. The number of amides is 1. The van der Waals surface area contributed by atoms with Crippen molar-refractivity contribution in [1.29, 1.82) is 0 Å². The number of aromatic nitrogens is 4. The van der Waals surface area contributed by atoms with Gasteiger partial charge in [0, 0.05) is 5.92 Å². The van der Waals surface area contributed by atoms with Gasteiger partial charge in [-0.1, -0.05) is 13.8 Å². The molecule has 108 valence electrons. The fourth-order valence-corrected chi connectivity index (χ4v) is 2.26. The summed E-state index contributed by atoms with van der Waals surface area (Å²) in [6, 6.07) is 0. The Morgan fingerprint density at radius 3 is 2.55 bits per heavy atom. The zero-order chi connectivity index (χ0) is 15.1. The van der Waals surface area contributed by atoms with Crippen molar-refractivity contribution in [2.24, 2.45) is 5.92 Å². The smallest absolute Gasteiger partial charge is 0.228 e. The van der Waals surface area contributed by atoms with Gasteiger partial charge in [0.1, 0.15) is 16.7 Å². The maximum absolute atomic E-state index is 11.9. The van der Waals surface area contributed by atoms with E-state index in [2.05, 4.69) is 36.3 Å². The van der Waals surface area contributed by atoms with Crippen LogP contribution in [0.15, 0.2) is 10.9 Å². The average Bonchev–Trinajstić information content (AvgIpc) is 2.67. The molecule has 0 aliphatic carbocycles. The fourth-order valence-electron chi connectivity index (χ4n) is 1.74. The molecule has 2 heterocycles. The maximum Gasteiger partial charge on any atom is 0.228 e. The largest absolute Gasteiger partial charge is 0.310 e. The van der Waals surface area contributed by atoms with Crippen LogP contribution in [-0.2, 0) is 10.3 Å². The Labute approximate surface area is 126 Å². The molecule has 0 atom stereocenters. The van der Waals surface area contributed by atoms with Crippen LogP contribution in [-0.4, -0.2) is 25.7 Å². The lowest BCUT2D eigenvalue weighted by Gasteiger charge is -2.19. The molecule has 0 saturated heterocycles. The number of carbonyl (C=O) groups is 1. The van der Waals surface area contributed by atoms with Crippen LogP contribution >= 0.6 is 15.9 Å². The lowest BCUT2D eigenvalue weighted by Crippen LogP contribution is -2.23. The van der Waals surface area contributed by atoms with Gasteiger partial charge in [-0.25, -0.2) is 14.6 Å². The van der Waals surface area contributed by atoms with Gasteiger partial charge in [-0.15, -0.1) is 0 Å². The second-order valence-corrected chi connectivity index (χ2v) is 6.69. The van der Waals surface area contributed by atoms with E-state index in [0.29, 0.717) is 16.1 Å². The van der Waals surface area contributed by atoms with Gasteiger partial charge in [0.2, 0.25) is 5.91 Å². The normalized spacial score (nSPS) is 12.2. The molecule has 1 amide bonds. The fraction of sp³-hybridized carbons (Fsp3) is 0.538. The molecule has 0 spiro atoms. The maximum atomic E-state index is 11.9. The molecule has 0 aliphatic rings. The quantitative estimate of drug-likeness (QED) is 0.912. The van der Waals surface area contributed by atoms with Gasteiger partial charge >= 0.3 is 0 Å². The van der Waals surface area contributed by atoms with Crippen molar-refractivity contribution in [2.75, 3.05) is 5.32 Å². The van der Waals surface area contributed by atoms with Crippen LogP contribution in [0.5, 0.6) is 0 Å². The van der Waals surface area contributed by atoms with Crippen LogP contribution in [0.2, 0.25) is 0 Å². The van der Waals surface area contributed by atoms with Gasteiger partial charge in [0.05, 0.1) is 10.9 Å². The number of nitrogens with one attached hydrogen (secondary N) is 1. The van der Waals surface area contributed by atoms with Crippen molar-refractivity contribution in [3.63, 3.8) is 0 Å². The first-order chi connectivity index (χ1) is 9.21. The highest BCUT2D eigenvalue weighted by Crippen LogP contribution is 2.30. The Morgan fingerprint density at radius 2 is 2.00 bits per heavy atom. The molecule has 2 rings (SSSR count). The van der Waals surface area contributed by atoms with Crippen molar-refractivity contribution in [3.8, 4) is 0 Å². The predicted octanol–water partition coefficient (Wildman–Crippen LogP) is 2.94. The summed E-state index contributed by atoms with van der Waals surface area (Å²) in [5.74, 6) is 0.285. The molecule has 1 N–H and O–H groups in total. The number of halogens is 1. The number of anilines is 1. The first-order valence-corrected chi connectivity index (χ1v) is 7.21. The standard InChI is InChI=1S/C13H18BrN5O/c1-7(2)12(20)17-10-8-9(14)18-19(13(3,4)5)11(8)16-6-15-10/h6-7H,1-5H3,(H,15,16,17,20). The predicted molar refractivity (Wildman–Crippen MR) is 81.5 cm³/mol. The third-order valence-electron chi connectivity index (χ3n) is 2.82. The summed E-state index contributed by atoms with van der Waals surface area (Å²) in [5.41, 5.74) is 0.483. The van der Waals surface area contributed by atoms with Crippen molar-refractivity contribution in [2.45, 2.75) is 40.2 Å². The number of nitrogens with zero attached hydrogens (tertiary/aromatic N) is 4. The minimum absolute atomic E-state index is 0.0830. The number of hydrogen-bond acceptors (Lipinski definition) is 4. The van der Waals surface area contributed by atoms with E-state index in [1.165, 1.54) is 6.33 Å². The minimum atomic E-state index is -0.210. The summed E-state index contributed by atoms with van der Waals surface area (Å²) in [6.45, 7) is 9.80. The third-order valence-corrected chi connectivity index (χ3v) is 3.38. The molecule has 0 aromatic carbocycles. The van der Waals surface area contributed by atoms with Gasteiger partial charge in [-0.3, -0.25) is 4.79 Å². The molecule has 20 heavy (non-hydrogen) atoms. The highest BCUT2D eigenvalue weighted by atomic mass is 79.9. The number of fused-ring (bicyclic) bond motifs is 1. The van der Waals surface area contributed by atoms with E-state index in [1.54, 1.807) is 0 Å². The van der Waals surface area contributed by atoms with E-state index >= 15 is 0 Å². The second-order valence-electron chi connectivity index (χ2n) is 5.94. The van der Waals surface area contributed by atoms with Gasteiger partial charge < -0.3 is 5.32 Å². The lowest BCUT2D eigenvalue weighted by atomic mass is 10.1. The highest BCUT2D eigenvalue weighted by molar-refractivity contribution is 9.10. The number of hydrogen-bond donors (Lipinski definition) is 1. The van der Waals surface area contributed by atoms with E-state index in [4.69, 9.17) is 0 Å². The Balaban J connectivity index is 2.59. The van der Waals surface area contributed by atoms with Crippen molar-refractivity contribution < 1.29 is 4.79 Å². The van der Waals surface area contributed by atoms with Crippen LogP contribution in [0.4, 0.5) is 5.82 Å². The summed E-state index contributed by atoms with van der Waals surface area (Å²) in [4.78, 5) is 20.3. The lowest BCUT2D eigenvalue weighted by molar-refractivity contribution is -0.118. The Kier molecular flexibility index (Phi) is 3.82. The number of carbonyl (C=O) groups excluding carboxylic acids is 1. The Hall–Kier alpha value is -1.50. The molecule has 0 aliphatic heterocycles. The van der Waals surface area contributed by atoms with Crippen LogP contribution < -0.4 is 5.32 Å². The Morgan fingerprint density at radius 1 is 1.35 bits per heavy atom. The summed E-state index contributed by atoms with van der Waals surface area (Å²) < 4.78 is 2.45. The van der Waals surface area contributed by atoms with Crippen molar-refractivity contribution in [1.82, 2.24) is 19.7 Å². The van der Waals surface area contributed by atoms with E-state index < -0.39 is 0 Å². The molecule has 0 radical (unpaired) electrons. The third kappa shape index (κ3) is 2.67. The molecule has 0 unspecified atom stereocenters. The topological polar surface area (TPSA) is 72.7 Å². The molecule has 6 nitrogen and oxygen atoms in total. The van der Waals surface area contributed by atoms with Crippen LogP contribution in [0, 0.1) is 5.92 Å². The zero-order valence-electron chi connectivity index (χ0n) is 12.2. The Bertz CT molecular complexity index is 657. The molecular weight excluding hydrogens is 322 g/mol. The van der Waals surface area contributed by atoms with E-state index in [0.717, 1.165) is 5.39 Å². The van der Waals surface area contributed by atoms with Crippen molar-refractivity contribution in [3.05, 3.63) is 10.9 Å². The molecule has 0 bridgehead atoms. The minimum Gasteiger partial charge on any atom is -0.310 e. The van der Waals surface area contributed by atoms with Gasteiger partial charge in [0.25, 0.3) is 0 Å². The second kappa shape index (κ2) is 5.12. The van der Waals surface area contributed by atoms with Gasteiger partial charge in [-0.2, -0.15) is 5.10 Å². The molecular formula is C13H18BrN5O. The summed E-state index contributed by atoms with van der Waals surface area (Å²) in [7, 11) is 0. The van der Waals surface area contributed by atoms with E-state index in [9.17, 15) is 4.79 Å². The molecule has 2 aromatic heterocycles. The molecule has 2 aromatic rings. The van der Waals surface area contributed by atoms with Crippen LogP contribution in [0.25, 0.3) is 11.0 Å². The first-order valence-electron chi connectivity index (χ1n) is 6.42. The monoisotopic (exact) mass is 339 g/mol. The SMILES string of the molecule is CC(C)C(=O)Nc1ncnc2c1c(Br)nn2C(C)(C)C. The molecule has 0 fully saturated rings. The summed E-state index contributed by atoms with van der Waals surface area (Å²) >= 11 is 3.42. The van der Waals surface area contributed by atoms with E-state index in [1.807, 2.05) is 39.3 Å². The highest BCUT2D eigenvalue weighted by Gasteiger charge is 2.23. The molecule has 7 heteroatoms. The average molecular weight is 340 g/mol.